The smallest absolute Gasteiger partial charge is 0.307 e. The lowest BCUT2D eigenvalue weighted by Gasteiger charge is -2.07. The topological polar surface area (TPSA) is 138 Å². The van der Waals surface area contributed by atoms with Gasteiger partial charge in [0, 0.05) is 6.54 Å². The fraction of sp³-hybridized carbons (Fsp3) is 0.273. The molecule has 8 nitrogen and oxygen atoms in total. The van der Waals surface area contributed by atoms with Gasteiger partial charge in [-0.15, -0.1) is 0 Å². The standard InChI is InChI=1S/C11H14N4O4S/c1-6(10(16)17)5-13-20(18,19)11-14-8-4-2-3-7(12)9(8)15-11/h2-4,6,13H,5,12H2,1H3,(H,14,15)(H,16,17). The molecular formula is C11H14N4O4S. The Morgan fingerprint density at radius 3 is 2.85 bits per heavy atom. The highest BCUT2D eigenvalue weighted by atomic mass is 32.2. The number of rotatable bonds is 5. The Labute approximate surface area is 115 Å². The highest BCUT2D eigenvalue weighted by Gasteiger charge is 2.21. The summed E-state index contributed by atoms with van der Waals surface area (Å²) in [6.45, 7) is 1.19. The predicted molar refractivity (Wildman–Crippen MR) is 72.5 cm³/mol. The summed E-state index contributed by atoms with van der Waals surface area (Å²) in [6, 6.07) is 4.93. The van der Waals surface area contributed by atoms with Crippen molar-refractivity contribution in [2.45, 2.75) is 12.1 Å². The fourth-order valence-corrected chi connectivity index (χ4v) is 2.61. The number of nitrogens with zero attached hydrogens (tertiary/aromatic N) is 1. The van der Waals surface area contributed by atoms with Crippen LogP contribution in [-0.4, -0.2) is 36.0 Å². The molecule has 0 amide bonds. The number of hydrogen-bond donors (Lipinski definition) is 4. The molecule has 0 aliphatic rings. The number of carboxylic acid groups (broad SMARTS) is 1. The molecule has 0 saturated carbocycles. The molecule has 0 aliphatic heterocycles. The molecule has 0 radical (unpaired) electrons. The summed E-state index contributed by atoms with van der Waals surface area (Å²) in [6.07, 6.45) is 0. The number of benzene rings is 1. The quantitative estimate of drug-likeness (QED) is 0.579. The lowest BCUT2D eigenvalue weighted by molar-refractivity contribution is -0.140. The molecule has 0 aliphatic carbocycles. The first-order valence-electron chi connectivity index (χ1n) is 5.78. The predicted octanol–water partition coefficient (Wildman–Crippen LogP) is 0.144. The van der Waals surface area contributed by atoms with Gasteiger partial charge in [0.1, 0.15) is 5.52 Å². The van der Waals surface area contributed by atoms with Crippen molar-refractivity contribution >= 4 is 32.7 Å². The molecule has 0 bridgehead atoms. The molecule has 1 unspecified atom stereocenters. The van der Waals surface area contributed by atoms with Crippen molar-refractivity contribution in [3.05, 3.63) is 18.2 Å². The number of para-hydroxylation sites is 1. The maximum Gasteiger partial charge on any atom is 0.307 e. The van der Waals surface area contributed by atoms with E-state index in [1.54, 1.807) is 18.2 Å². The number of nitrogens with two attached hydrogens (primary N) is 1. The second-order valence-corrected chi connectivity index (χ2v) is 6.06. The van der Waals surface area contributed by atoms with Crippen LogP contribution in [0, 0.1) is 5.92 Å². The number of anilines is 1. The van der Waals surface area contributed by atoms with E-state index in [1.807, 2.05) is 0 Å². The maximum atomic E-state index is 12.0. The molecule has 108 valence electrons. The number of sulfonamides is 1. The van der Waals surface area contributed by atoms with Gasteiger partial charge in [-0.2, -0.15) is 0 Å². The van der Waals surface area contributed by atoms with Crippen molar-refractivity contribution < 1.29 is 18.3 Å². The highest BCUT2D eigenvalue weighted by molar-refractivity contribution is 7.89. The minimum atomic E-state index is -3.90. The number of carbonyl (C=O) groups is 1. The van der Waals surface area contributed by atoms with Crippen molar-refractivity contribution in [1.29, 1.82) is 0 Å². The summed E-state index contributed by atoms with van der Waals surface area (Å²) in [5.41, 5.74) is 6.92. The molecule has 20 heavy (non-hydrogen) atoms. The Bertz CT molecular complexity index is 753. The zero-order valence-corrected chi connectivity index (χ0v) is 11.4. The second-order valence-electron chi connectivity index (χ2n) is 4.38. The number of aliphatic carboxylic acids is 1. The van der Waals surface area contributed by atoms with E-state index < -0.39 is 21.9 Å². The molecule has 9 heteroatoms. The van der Waals surface area contributed by atoms with Gasteiger partial charge in [-0.25, -0.2) is 18.1 Å². The van der Waals surface area contributed by atoms with Crippen molar-refractivity contribution in [2.75, 3.05) is 12.3 Å². The Hall–Kier alpha value is -2.13. The monoisotopic (exact) mass is 298 g/mol. The van der Waals surface area contributed by atoms with E-state index in [0.717, 1.165) is 0 Å². The molecule has 1 atom stereocenters. The van der Waals surface area contributed by atoms with Crippen molar-refractivity contribution in [3.8, 4) is 0 Å². The Morgan fingerprint density at radius 1 is 1.55 bits per heavy atom. The van der Waals surface area contributed by atoms with Gasteiger partial charge < -0.3 is 15.8 Å². The van der Waals surface area contributed by atoms with Crippen LogP contribution in [0.2, 0.25) is 0 Å². The normalized spacial score (nSPS) is 13.4. The Kier molecular flexibility index (Phi) is 3.64. The maximum absolute atomic E-state index is 12.0. The summed E-state index contributed by atoms with van der Waals surface area (Å²) in [7, 11) is -3.90. The summed E-state index contributed by atoms with van der Waals surface area (Å²) in [5, 5.41) is 8.44. The molecule has 2 rings (SSSR count). The van der Waals surface area contributed by atoms with Crippen LogP contribution in [-0.2, 0) is 14.8 Å². The lowest BCUT2D eigenvalue weighted by atomic mass is 10.2. The summed E-state index contributed by atoms with van der Waals surface area (Å²) < 4.78 is 26.2. The first kappa shape index (κ1) is 14.3. The number of fused-ring (bicyclic) bond motifs is 1. The molecular weight excluding hydrogens is 284 g/mol. The van der Waals surface area contributed by atoms with E-state index in [-0.39, 0.29) is 11.7 Å². The third kappa shape index (κ3) is 2.73. The number of aromatic nitrogens is 2. The van der Waals surface area contributed by atoms with Gasteiger partial charge in [0.05, 0.1) is 17.1 Å². The van der Waals surface area contributed by atoms with Gasteiger partial charge in [-0.3, -0.25) is 4.79 Å². The van der Waals surface area contributed by atoms with Crippen LogP contribution in [0.5, 0.6) is 0 Å². The van der Waals surface area contributed by atoms with Gasteiger partial charge in [0.15, 0.2) is 0 Å². The van der Waals surface area contributed by atoms with E-state index >= 15 is 0 Å². The van der Waals surface area contributed by atoms with Crippen LogP contribution in [0.1, 0.15) is 6.92 Å². The van der Waals surface area contributed by atoms with Gasteiger partial charge in [0.25, 0.3) is 10.0 Å². The largest absolute Gasteiger partial charge is 0.481 e. The Balaban J connectivity index is 2.28. The van der Waals surface area contributed by atoms with Gasteiger partial charge >= 0.3 is 5.97 Å². The number of carboxylic acids is 1. The molecule has 1 aromatic heterocycles. The van der Waals surface area contributed by atoms with Gasteiger partial charge in [-0.1, -0.05) is 13.0 Å². The van der Waals surface area contributed by atoms with Gasteiger partial charge in [-0.05, 0) is 12.1 Å². The first-order chi connectivity index (χ1) is 9.31. The number of H-pyrrole nitrogens is 1. The lowest BCUT2D eigenvalue weighted by Crippen LogP contribution is -2.32. The average Bonchev–Trinajstić information content (AvgIpc) is 2.82. The number of nitrogens with one attached hydrogen (secondary N) is 2. The minimum Gasteiger partial charge on any atom is -0.481 e. The van der Waals surface area contributed by atoms with E-state index in [0.29, 0.717) is 16.7 Å². The summed E-state index contributed by atoms with van der Waals surface area (Å²) in [4.78, 5) is 17.2. The average molecular weight is 298 g/mol. The zero-order valence-electron chi connectivity index (χ0n) is 10.6. The SMILES string of the molecule is CC(CNS(=O)(=O)c1nc2c(N)cccc2[nH]1)C(=O)O. The van der Waals surface area contributed by atoms with Crippen molar-refractivity contribution in [2.24, 2.45) is 5.92 Å². The Morgan fingerprint density at radius 2 is 2.25 bits per heavy atom. The van der Waals surface area contributed by atoms with Crippen LogP contribution in [0.25, 0.3) is 11.0 Å². The summed E-state index contributed by atoms with van der Waals surface area (Å²) in [5.74, 6) is -1.92. The molecule has 2 aromatic rings. The molecule has 0 spiro atoms. The zero-order chi connectivity index (χ0) is 14.9. The van der Waals surface area contributed by atoms with Crippen molar-refractivity contribution in [3.63, 3.8) is 0 Å². The van der Waals surface area contributed by atoms with Crippen LogP contribution in [0.3, 0.4) is 0 Å². The van der Waals surface area contributed by atoms with Crippen molar-refractivity contribution in [1.82, 2.24) is 14.7 Å². The number of imidazole rings is 1. The van der Waals surface area contributed by atoms with Crippen LogP contribution in [0.4, 0.5) is 5.69 Å². The second kappa shape index (κ2) is 5.10. The molecule has 0 fully saturated rings. The molecule has 0 saturated heterocycles. The first-order valence-corrected chi connectivity index (χ1v) is 7.26. The fourth-order valence-electron chi connectivity index (χ4n) is 1.55. The van der Waals surface area contributed by atoms with E-state index in [9.17, 15) is 13.2 Å². The summed E-state index contributed by atoms with van der Waals surface area (Å²) >= 11 is 0. The number of nitrogen functional groups attached to an aromatic ring is 1. The van der Waals surface area contributed by atoms with Crippen LogP contribution in [0.15, 0.2) is 23.4 Å². The molecule has 5 N–H and O–H groups in total. The van der Waals surface area contributed by atoms with Crippen LogP contribution >= 0.6 is 0 Å². The van der Waals surface area contributed by atoms with Crippen LogP contribution < -0.4 is 10.5 Å². The van der Waals surface area contributed by atoms with E-state index in [4.69, 9.17) is 10.8 Å². The minimum absolute atomic E-state index is 0.218. The van der Waals surface area contributed by atoms with Gasteiger partial charge in [0.2, 0.25) is 5.16 Å². The number of hydrogen-bond acceptors (Lipinski definition) is 5. The number of aromatic amines is 1. The highest BCUT2D eigenvalue weighted by Crippen LogP contribution is 2.19. The molecule has 1 heterocycles. The molecule has 1 aromatic carbocycles. The van der Waals surface area contributed by atoms with E-state index in [2.05, 4.69) is 14.7 Å². The van der Waals surface area contributed by atoms with E-state index in [1.165, 1.54) is 6.92 Å². The third-order valence-electron chi connectivity index (χ3n) is 2.78. The third-order valence-corrected chi connectivity index (χ3v) is 4.03.